The number of H-pyrrole nitrogens is 1. The zero-order valence-electron chi connectivity index (χ0n) is 10.2. The summed E-state index contributed by atoms with van der Waals surface area (Å²) < 4.78 is 78.2. The molecule has 0 saturated carbocycles. The molecule has 0 aliphatic heterocycles. The maximum Gasteiger partial charge on any atom is 0.434 e. The van der Waals surface area contributed by atoms with E-state index in [1.54, 1.807) is 0 Å². The van der Waals surface area contributed by atoms with Crippen LogP contribution in [0.5, 0.6) is 5.88 Å². The molecule has 1 aromatic carbocycles. The highest BCUT2D eigenvalue weighted by Crippen LogP contribution is 2.35. The second kappa shape index (κ2) is 5.34. The summed E-state index contributed by atoms with van der Waals surface area (Å²) in [5.74, 6) is -1.34. The smallest absolute Gasteiger partial charge is 0.434 e. The summed E-state index contributed by atoms with van der Waals surface area (Å²) >= 11 is 5.64. The van der Waals surface area contributed by atoms with E-state index in [0.29, 0.717) is 0 Å². The Morgan fingerprint density at radius 1 is 1.14 bits per heavy atom. The van der Waals surface area contributed by atoms with E-state index >= 15 is 0 Å². The van der Waals surface area contributed by atoms with Crippen LogP contribution >= 0.6 is 11.6 Å². The van der Waals surface area contributed by atoms with E-state index in [1.165, 1.54) is 18.2 Å². The third-order valence-electron chi connectivity index (χ3n) is 2.45. The average molecular weight is 347 g/mol. The van der Waals surface area contributed by atoms with Gasteiger partial charge in [-0.3, -0.25) is 4.79 Å². The summed E-state index contributed by atoms with van der Waals surface area (Å²) in [7, 11) is 0. The van der Waals surface area contributed by atoms with Gasteiger partial charge in [0.25, 0.3) is 12.0 Å². The summed E-state index contributed by atoms with van der Waals surface area (Å²) in [5.41, 5.74) is -1.38. The Morgan fingerprint density at radius 3 is 2.27 bits per heavy atom. The number of ether oxygens (including phenoxy) is 1. The Bertz CT molecular complexity index is 741. The van der Waals surface area contributed by atoms with Crippen molar-refractivity contribution in [1.82, 2.24) is 9.97 Å². The van der Waals surface area contributed by atoms with Crippen LogP contribution in [0, 0.1) is 0 Å². The summed E-state index contributed by atoms with van der Waals surface area (Å²) in [4.78, 5) is 16.9. The molecule has 2 rings (SSSR count). The molecule has 0 aliphatic rings. The summed E-state index contributed by atoms with van der Waals surface area (Å²) in [5, 5.41) is 0.196. The van der Waals surface area contributed by atoms with Crippen LogP contribution in [0.3, 0.4) is 0 Å². The van der Waals surface area contributed by atoms with Gasteiger partial charge in [0.1, 0.15) is 0 Å². The van der Waals surface area contributed by atoms with Crippen LogP contribution in [-0.4, -0.2) is 28.4 Å². The van der Waals surface area contributed by atoms with Crippen molar-refractivity contribution in [2.45, 2.75) is 18.5 Å². The summed E-state index contributed by atoms with van der Waals surface area (Å²) in [6.45, 7) is 0. The predicted octanol–water partition coefficient (Wildman–Crippen LogP) is 3.45. The average Bonchev–Trinajstić information content (AvgIpc) is 2.33. The molecular weight excluding hydrogens is 342 g/mol. The lowest BCUT2D eigenvalue weighted by Gasteiger charge is -2.22. The van der Waals surface area contributed by atoms with Gasteiger partial charge in [0.15, 0.2) is 0 Å². The molecule has 4 nitrogen and oxygen atoms in total. The van der Waals surface area contributed by atoms with Gasteiger partial charge in [-0.1, -0.05) is 11.6 Å². The van der Waals surface area contributed by atoms with Crippen LogP contribution < -0.4 is 10.3 Å². The van der Waals surface area contributed by atoms with Gasteiger partial charge in [0.05, 0.1) is 11.0 Å². The number of nitrogens with one attached hydrogen (secondary N) is 1. The van der Waals surface area contributed by atoms with Crippen LogP contribution in [0.2, 0.25) is 5.02 Å². The molecule has 2 aromatic rings. The van der Waals surface area contributed by atoms with Crippen molar-refractivity contribution < 1.29 is 31.1 Å². The van der Waals surface area contributed by atoms with Crippen LogP contribution in [0.4, 0.5) is 26.3 Å². The van der Waals surface area contributed by atoms with Crippen LogP contribution in [-0.2, 0) is 0 Å². The van der Waals surface area contributed by atoms with Gasteiger partial charge in [-0.15, -0.1) is 0 Å². The van der Waals surface area contributed by atoms with E-state index in [9.17, 15) is 31.1 Å². The van der Waals surface area contributed by atoms with Gasteiger partial charge in [-0.25, -0.2) is 4.98 Å². The zero-order valence-corrected chi connectivity index (χ0v) is 11.0. The Balaban J connectivity index is 2.48. The molecule has 11 heteroatoms. The number of halogens is 7. The van der Waals surface area contributed by atoms with Crippen molar-refractivity contribution in [2.24, 2.45) is 0 Å². The first-order valence-electron chi connectivity index (χ1n) is 5.48. The van der Waals surface area contributed by atoms with Gasteiger partial charge >= 0.3 is 17.9 Å². The molecule has 0 fully saturated rings. The fourth-order valence-electron chi connectivity index (χ4n) is 1.55. The quantitative estimate of drug-likeness (QED) is 0.847. The Labute approximate surface area is 122 Å². The van der Waals surface area contributed by atoms with Gasteiger partial charge in [-0.05, 0) is 18.2 Å². The van der Waals surface area contributed by atoms with Gasteiger partial charge in [0, 0.05) is 5.02 Å². The Hall–Kier alpha value is -1.97. The highest BCUT2D eigenvalue weighted by Gasteiger charge is 2.59. The molecule has 120 valence electrons. The summed E-state index contributed by atoms with van der Waals surface area (Å²) in [6, 6.07) is 3.74. The fourth-order valence-corrected chi connectivity index (χ4v) is 1.72. The summed E-state index contributed by atoms with van der Waals surface area (Å²) in [6.07, 6.45) is -15.7. The van der Waals surface area contributed by atoms with E-state index in [-0.39, 0.29) is 16.1 Å². The fraction of sp³-hybridized carbons (Fsp3) is 0.273. The molecule has 0 unspecified atom stereocenters. The number of hydrogen-bond donors (Lipinski definition) is 1. The minimum Gasteiger partial charge on any atom is -0.451 e. The molecule has 1 aromatic heterocycles. The van der Waals surface area contributed by atoms with Crippen molar-refractivity contribution in [3.8, 4) is 5.88 Å². The van der Waals surface area contributed by atoms with E-state index in [4.69, 9.17) is 11.6 Å². The van der Waals surface area contributed by atoms with Gasteiger partial charge in [-0.2, -0.15) is 26.3 Å². The monoisotopic (exact) mass is 346 g/mol. The molecule has 0 amide bonds. The maximum absolute atomic E-state index is 12.4. The number of aromatic nitrogens is 2. The maximum atomic E-state index is 12.4. The number of benzene rings is 1. The topological polar surface area (TPSA) is 55.0 Å². The van der Waals surface area contributed by atoms with Crippen molar-refractivity contribution in [3.63, 3.8) is 0 Å². The number of nitrogens with zero attached hydrogens (tertiary/aromatic N) is 1. The standard InChI is InChI=1S/C11H5ClF6N2O2/c12-4-1-2-5-6(3-4)19-7(21)8(20-5)22-9(10(13,14)15)11(16,17)18/h1-3,9H,(H,19,21). The molecule has 22 heavy (non-hydrogen) atoms. The van der Waals surface area contributed by atoms with E-state index in [0.717, 1.165) is 0 Å². The van der Waals surface area contributed by atoms with Crippen molar-refractivity contribution >= 4 is 22.6 Å². The molecule has 1 heterocycles. The normalized spacial score (nSPS) is 12.9. The number of aromatic amines is 1. The van der Waals surface area contributed by atoms with Crippen molar-refractivity contribution in [2.75, 3.05) is 0 Å². The predicted molar refractivity (Wildman–Crippen MR) is 63.9 cm³/mol. The Morgan fingerprint density at radius 2 is 1.73 bits per heavy atom. The lowest BCUT2D eigenvalue weighted by molar-refractivity contribution is -0.300. The second-order valence-corrected chi connectivity index (χ2v) is 4.55. The minimum absolute atomic E-state index is 0.0421. The number of rotatable bonds is 2. The van der Waals surface area contributed by atoms with Crippen molar-refractivity contribution in [1.29, 1.82) is 0 Å². The van der Waals surface area contributed by atoms with E-state index < -0.39 is 29.9 Å². The largest absolute Gasteiger partial charge is 0.451 e. The van der Waals surface area contributed by atoms with Crippen molar-refractivity contribution in [3.05, 3.63) is 33.6 Å². The van der Waals surface area contributed by atoms with E-state index in [2.05, 4.69) is 9.72 Å². The zero-order chi connectivity index (χ0) is 16.7. The van der Waals surface area contributed by atoms with Crippen LogP contribution in [0.15, 0.2) is 23.0 Å². The van der Waals surface area contributed by atoms with Crippen LogP contribution in [0.1, 0.15) is 0 Å². The molecule has 0 radical (unpaired) electrons. The number of fused-ring (bicyclic) bond motifs is 1. The highest BCUT2D eigenvalue weighted by atomic mass is 35.5. The molecule has 0 saturated heterocycles. The van der Waals surface area contributed by atoms with Gasteiger partial charge < -0.3 is 9.72 Å². The molecular formula is C11H5ClF6N2O2. The minimum atomic E-state index is -5.75. The molecule has 0 atom stereocenters. The van der Waals surface area contributed by atoms with Crippen LogP contribution in [0.25, 0.3) is 11.0 Å². The number of hydrogen-bond acceptors (Lipinski definition) is 3. The molecule has 0 spiro atoms. The lowest BCUT2D eigenvalue weighted by atomic mass is 10.3. The molecule has 0 aliphatic carbocycles. The highest BCUT2D eigenvalue weighted by molar-refractivity contribution is 6.31. The lowest BCUT2D eigenvalue weighted by Crippen LogP contribution is -2.47. The molecule has 1 N–H and O–H groups in total. The second-order valence-electron chi connectivity index (χ2n) is 4.11. The third kappa shape index (κ3) is 3.43. The first kappa shape index (κ1) is 16.4. The first-order valence-corrected chi connectivity index (χ1v) is 5.86. The number of alkyl halides is 6. The third-order valence-corrected chi connectivity index (χ3v) is 2.68. The van der Waals surface area contributed by atoms with E-state index in [1.807, 2.05) is 4.98 Å². The SMILES string of the molecule is O=c1[nH]c2cc(Cl)ccc2nc1OC(C(F)(F)F)C(F)(F)F. The Kier molecular flexibility index (Phi) is 3.98. The molecule has 0 bridgehead atoms. The first-order chi connectivity index (χ1) is 9.98. The van der Waals surface area contributed by atoms with Gasteiger partial charge in [0.2, 0.25) is 0 Å².